The zero-order chi connectivity index (χ0) is 17.8. The number of carbonyl (C=O) groups is 1. The van der Waals surface area contributed by atoms with Gasteiger partial charge in [0.2, 0.25) is 0 Å². The first-order valence-electron chi connectivity index (χ1n) is 7.92. The zero-order valence-corrected chi connectivity index (χ0v) is 14.0. The Morgan fingerprint density at radius 3 is 3.00 bits per heavy atom. The zero-order valence-electron chi connectivity index (χ0n) is 14.0. The minimum Gasteiger partial charge on any atom is -0.463 e. The Labute approximate surface area is 144 Å². The second-order valence-corrected chi connectivity index (χ2v) is 5.50. The summed E-state index contributed by atoms with van der Waals surface area (Å²) in [5.41, 5.74) is 3.51. The molecular weight excluding hydrogens is 321 g/mol. The van der Waals surface area contributed by atoms with Crippen LogP contribution in [0.15, 0.2) is 42.7 Å². The minimum absolute atomic E-state index is 0.255. The molecule has 0 unspecified atom stereocenters. The molecule has 6 heteroatoms. The molecule has 0 aliphatic carbocycles. The summed E-state index contributed by atoms with van der Waals surface area (Å²) in [6, 6.07) is 6.71. The molecule has 2 N–H and O–H groups in total. The summed E-state index contributed by atoms with van der Waals surface area (Å²) in [5, 5.41) is 4.16. The molecule has 0 aliphatic rings. The summed E-state index contributed by atoms with van der Waals surface area (Å²) in [4.78, 5) is 19.0. The van der Waals surface area contributed by atoms with Crippen LogP contribution in [0.4, 0.5) is 15.8 Å². The van der Waals surface area contributed by atoms with Crippen LogP contribution in [0.5, 0.6) is 0 Å². The smallest absolute Gasteiger partial charge is 0.330 e. The number of nitrogens with zero attached hydrogens (tertiary/aromatic N) is 1. The van der Waals surface area contributed by atoms with Crippen molar-refractivity contribution in [2.75, 3.05) is 11.9 Å². The van der Waals surface area contributed by atoms with E-state index in [-0.39, 0.29) is 5.82 Å². The van der Waals surface area contributed by atoms with Crippen LogP contribution < -0.4 is 5.32 Å². The fourth-order valence-electron chi connectivity index (χ4n) is 2.50. The van der Waals surface area contributed by atoms with Crippen LogP contribution in [-0.4, -0.2) is 22.5 Å². The normalized spacial score (nSPS) is 11.2. The number of rotatable bonds is 5. The number of pyridine rings is 1. The number of fused-ring (bicyclic) bond motifs is 1. The molecule has 0 saturated carbocycles. The molecule has 5 nitrogen and oxygen atoms in total. The van der Waals surface area contributed by atoms with Crippen LogP contribution in [0.3, 0.4) is 0 Å². The average molecular weight is 339 g/mol. The SMILES string of the molecule is CCOC(=O)C=Cc1cnc2[nH]ccc2c1Nc1ccc(F)c(C)c1. The van der Waals surface area contributed by atoms with Gasteiger partial charge in [-0.15, -0.1) is 0 Å². The molecule has 3 rings (SSSR count). The number of anilines is 2. The van der Waals surface area contributed by atoms with Crippen molar-refractivity contribution in [3.8, 4) is 0 Å². The van der Waals surface area contributed by atoms with E-state index < -0.39 is 5.97 Å². The third-order valence-corrected chi connectivity index (χ3v) is 3.73. The summed E-state index contributed by atoms with van der Waals surface area (Å²) in [7, 11) is 0. The Kier molecular flexibility index (Phi) is 4.79. The van der Waals surface area contributed by atoms with Gasteiger partial charge in [-0.05, 0) is 49.8 Å². The molecule has 0 fully saturated rings. The molecule has 2 heterocycles. The van der Waals surface area contributed by atoms with E-state index in [2.05, 4.69) is 15.3 Å². The Balaban J connectivity index is 2.01. The molecule has 0 atom stereocenters. The maximum atomic E-state index is 13.5. The first-order chi connectivity index (χ1) is 12.1. The van der Waals surface area contributed by atoms with E-state index in [9.17, 15) is 9.18 Å². The number of aromatic nitrogens is 2. The predicted octanol–water partition coefficient (Wildman–Crippen LogP) is 4.33. The molecule has 128 valence electrons. The van der Waals surface area contributed by atoms with Crippen molar-refractivity contribution in [2.45, 2.75) is 13.8 Å². The molecule has 1 aromatic carbocycles. The second kappa shape index (κ2) is 7.17. The van der Waals surface area contributed by atoms with Crippen LogP contribution >= 0.6 is 0 Å². The van der Waals surface area contributed by atoms with Crippen LogP contribution in [0.1, 0.15) is 18.1 Å². The topological polar surface area (TPSA) is 67.0 Å². The van der Waals surface area contributed by atoms with Crippen LogP contribution in [0.2, 0.25) is 0 Å². The van der Waals surface area contributed by atoms with Gasteiger partial charge in [0.15, 0.2) is 0 Å². The number of benzene rings is 1. The van der Waals surface area contributed by atoms with Gasteiger partial charge in [0.25, 0.3) is 0 Å². The first-order valence-corrected chi connectivity index (χ1v) is 7.92. The van der Waals surface area contributed by atoms with Gasteiger partial charge in [0.1, 0.15) is 11.5 Å². The van der Waals surface area contributed by atoms with Gasteiger partial charge in [-0.25, -0.2) is 14.2 Å². The van der Waals surface area contributed by atoms with E-state index in [0.29, 0.717) is 12.2 Å². The van der Waals surface area contributed by atoms with E-state index in [1.54, 1.807) is 44.4 Å². The third kappa shape index (κ3) is 3.68. The van der Waals surface area contributed by atoms with Crippen molar-refractivity contribution in [3.63, 3.8) is 0 Å². The summed E-state index contributed by atoms with van der Waals surface area (Å²) in [6.45, 7) is 3.78. The molecule has 0 amide bonds. The molecule has 0 saturated heterocycles. The number of esters is 1. The standard InChI is InChI=1S/C19H18FN3O2/c1-3-25-17(24)7-4-13-11-22-19-15(8-9-21-19)18(13)23-14-5-6-16(20)12(2)10-14/h4-11H,3H2,1-2H3,(H2,21,22,23). The lowest BCUT2D eigenvalue weighted by Gasteiger charge is -2.12. The molecule has 25 heavy (non-hydrogen) atoms. The predicted molar refractivity (Wildman–Crippen MR) is 96.2 cm³/mol. The number of aromatic amines is 1. The number of nitrogens with one attached hydrogen (secondary N) is 2. The summed E-state index contributed by atoms with van der Waals surface area (Å²) in [6.07, 6.45) is 6.46. The Morgan fingerprint density at radius 1 is 1.40 bits per heavy atom. The van der Waals surface area contributed by atoms with Gasteiger partial charge in [0.05, 0.1) is 12.3 Å². The largest absolute Gasteiger partial charge is 0.463 e. The van der Waals surface area contributed by atoms with Gasteiger partial charge in [-0.2, -0.15) is 0 Å². The number of aryl methyl sites for hydroxylation is 1. The van der Waals surface area contributed by atoms with Gasteiger partial charge >= 0.3 is 5.97 Å². The number of H-pyrrole nitrogens is 1. The molecule has 0 radical (unpaired) electrons. The van der Waals surface area contributed by atoms with Gasteiger partial charge < -0.3 is 15.0 Å². The summed E-state index contributed by atoms with van der Waals surface area (Å²) >= 11 is 0. The molecule has 3 aromatic rings. The first kappa shape index (κ1) is 16.7. The second-order valence-electron chi connectivity index (χ2n) is 5.50. The number of carbonyl (C=O) groups excluding carboxylic acids is 1. The monoisotopic (exact) mass is 339 g/mol. The van der Waals surface area contributed by atoms with E-state index in [1.165, 1.54) is 12.1 Å². The highest BCUT2D eigenvalue weighted by Gasteiger charge is 2.10. The molecule has 2 aromatic heterocycles. The lowest BCUT2D eigenvalue weighted by atomic mass is 10.1. The number of hydrogen-bond acceptors (Lipinski definition) is 4. The van der Waals surface area contributed by atoms with Crippen LogP contribution in [0, 0.1) is 12.7 Å². The van der Waals surface area contributed by atoms with Gasteiger partial charge in [-0.3, -0.25) is 0 Å². The van der Waals surface area contributed by atoms with Gasteiger partial charge in [-0.1, -0.05) is 0 Å². The van der Waals surface area contributed by atoms with Crippen LogP contribution in [-0.2, 0) is 9.53 Å². The summed E-state index contributed by atoms with van der Waals surface area (Å²) in [5.74, 6) is -0.672. The van der Waals surface area contributed by atoms with E-state index >= 15 is 0 Å². The molecule has 0 bridgehead atoms. The Hall–Kier alpha value is -3.15. The highest BCUT2D eigenvalue weighted by molar-refractivity contribution is 5.98. The van der Waals surface area contributed by atoms with Crippen LogP contribution in [0.25, 0.3) is 17.1 Å². The van der Waals surface area contributed by atoms with Crippen molar-refractivity contribution in [1.29, 1.82) is 0 Å². The molecule has 0 aliphatic heterocycles. The van der Waals surface area contributed by atoms with Crippen molar-refractivity contribution >= 4 is 34.5 Å². The summed E-state index contributed by atoms with van der Waals surface area (Å²) < 4.78 is 18.4. The highest BCUT2D eigenvalue weighted by Crippen LogP contribution is 2.30. The van der Waals surface area contributed by atoms with E-state index in [0.717, 1.165) is 28.0 Å². The quantitative estimate of drug-likeness (QED) is 0.536. The van der Waals surface area contributed by atoms with Crippen molar-refractivity contribution in [2.24, 2.45) is 0 Å². The fourth-order valence-corrected chi connectivity index (χ4v) is 2.50. The van der Waals surface area contributed by atoms with Crippen molar-refractivity contribution < 1.29 is 13.9 Å². The average Bonchev–Trinajstić information content (AvgIpc) is 3.06. The lowest BCUT2D eigenvalue weighted by Crippen LogP contribution is -2.00. The van der Waals surface area contributed by atoms with E-state index in [1.807, 2.05) is 6.07 Å². The number of ether oxygens (including phenoxy) is 1. The fraction of sp³-hybridized carbons (Fsp3) is 0.158. The Morgan fingerprint density at radius 2 is 2.24 bits per heavy atom. The van der Waals surface area contributed by atoms with Crippen molar-refractivity contribution in [3.05, 3.63) is 59.7 Å². The maximum Gasteiger partial charge on any atom is 0.330 e. The van der Waals surface area contributed by atoms with E-state index in [4.69, 9.17) is 4.74 Å². The Bertz CT molecular complexity index is 947. The molecule has 0 spiro atoms. The number of halogens is 1. The molecular formula is C19H18FN3O2. The van der Waals surface area contributed by atoms with Gasteiger partial charge in [0, 0.05) is 35.1 Å². The third-order valence-electron chi connectivity index (χ3n) is 3.73. The highest BCUT2D eigenvalue weighted by atomic mass is 19.1. The minimum atomic E-state index is -0.416. The maximum absolute atomic E-state index is 13.5. The lowest BCUT2D eigenvalue weighted by molar-refractivity contribution is -0.137. The number of hydrogen-bond donors (Lipinski definition) is 2. The van der Waals surface area contributed by atoms with Crippen molar-refractivity contribution in [1.82, 2.24) is 9.97 Å².